The maximum absolute atomic E-state index is 14.2. The van der Waals surface area contributed by atoms with E-state index in [-0.39, 0.29) is 17.9 Å². The van der Waals surface area contributed by atoms with E-state index in [0.717, 1.165) is 68.4 Å². The molecule has 3 aliphatic carbocycles. The molecular weight excluding hydrogens is 470 g/mol. The lowest BCUT2D eigenvalue weighted by Gasteiger charge is -2.38. The van der Waals surface area contributed by atoms with Gasteiger partial charge in [-0.05, 0) is 111 Å². The predicted molar refractivity (Wildman–Crippen MR) is 145 cm³/mol. The fourth-order valence-corrected chi connectivity index (χ4v) is 7.25. The summed E-state index contributed by atoms with van der Waals surface area (Å²) in [4.78, 5) is 29.9. The third-order valence-corrected chi connectivity index (χ3v) is 9.55. The van der Waals surface area contributed by atoms with Crippen LogP contribution in [0.2, 0.25) is 0 Å². The van der Waals surface area contributed by atoms with Crippen molar-refractivity contribution < 1.29 is 19.4 Å². The van der Waals surface area contributed by atoms with Crippen molar-refractivity contribution >= 4 is 34.5 Å². The minimum absolute atomic E-state index is 0.0354. The number of carboxylic acid groups (broad SMARTS) is 1. The summed E-state index contributed by atoms with van der Waals surface area (Å²) in [7, 11) is 1.67. The number of aromatic carboxylic acids is 1. The van der Waals surface area contributed by atoms with Crippen LogP contribution in [0.4, 0.5) is 5.69 Å². The number of carboxylic acids is 1. The summed E-state index contributed by atoms with van der Waals surface area (Å²) in [5.41, 5.74) is 4.33. The molecule has 2 aromatic rings. The van der Waals surface area contributed by atoms with E-state index in [2.05, 4.69) is 25.1 Å². The molecule has 1 heterocycles. The van der Waals surface area contributed by atoms with E-state index in [0.29, 0.717) is 22.9 Å². The minimum Gasteiger partial charge on any atom is -0.497 e. The lowest BCUT2D eigenvalue weighted by Crippen LogP contribution is -2.47. The zero-order valence-electron chi connectivity index (χ0n) is 21.4. The smallest absolute Gasteiger partial charge is 0.348 e. The Morgan fingerprint density at radius 2 is 1.83 bits per heavy atom. The van der Waals surface area contributed by atoms with Gasteiger partial charge in [-0.25, -0.2) is 4.79 Å². The number of allylic oxidation sites excluding steroid dienone is 2. The molecule has 0 radical (unpaired) electrons. The van der Waals surface area contributed by atoms with Gasteiger partial charge in [0.2, 0.25) is 5.91 Å². The number of benzene rings is 1. The summed E-state index contributed by atoms with van der Waals surface area (Å²) in [5.74, 6) is 0.610. The number of carbonyl (C=O) groups is 2. The van der Waals surface area contributed by atoms with Crippen LogP contribution in [-0.4, -0.2) is 30.1 Å². The normalized spacial score (nSPS) is 23.9. The number of thiophene rings is 1. The summed E-state index contributed by atoms with van der Waals surface area (Å²) in [6, 6.07) is 8.15. The third kappa shape index (κ3) is 5.10. The van der Waals surface area contributed by atoms with E-state index < -0.39 is 5.97 Å². The summed E-state index contributed by atoms with van der Waals surface area (Å²) in [6.07, 6.45) is 12.9. The number of hydrogen-bond donors (Lipinski definition) is 1. The molecule has 0 aliphatic heterocycles. The van der Waals surface area contributed by atoms with Crippen LogP contribution in [0.1, 0.15) is 90.4 Å². The predicted octanol–water partition coefficient (Wildman–Crippen LogP) is 7.13. The van der Waals surface area contributed by atoms with E-state index in [1.807, 2.05) is 17.0 Å². The van der Waals surface area contributed by atoms with Gasteiger partial charge in [-0.1, -0.05) is 19.1 Å². The first-order valence-electron chi connectivity index (χ1n) is 13.5. The lowest BCUT2D eigenvalue weighted by molar-refractivity contribution is -0.124. The van der Waals surface area contributed by atoms with Crippen LogP contribution < -0.4 is 9.64 Å². The van der Waals surface area contributed by atoms with Crippen molar-refractivity contribution in [2.75, 3.05) is 12.0 Å². The molecular formula is C30H37NO4S. The fourth-order valence-electron chi connectivity index (χ4n) is 6.19. The fraction of sp³-hybridized carbons (Fsp3) is 0.533. The zero-order valence-corrected chi connectivity index (χ0v) is 22.2. The summed E-state index contributed by atoms with van der Waals surface area (Å²) in [5, 5.41) is 10.2. The maximum Gasteiger partial charge on any atom is 0.348 e. The zero-order chi connectivity index (χ0) is 25.2. The molecule has 5 nitrogen and oxygen atoms in total. The van der Waals surface area contributed by atoms with Crippen molar-refractivity contribution in [3.05, 3.63) is 51.2 Å². The van der Waals surface area contributed by atoms with Crippen LogP contribution in [0.25, 0.3) is 5.57 Å². The maximum atomic E-state index is 14.2. The second-order valence-corrected chi connectivity index (χ2v) is 11.9. The SMILES string of the molecule is COc1ccc2c(c1)CC(N(C(=O)C1CCC(C)CC1)c1cc(C3=CCCCC3)sc1C(=O)O)CC2. The average Bonchev–Trinajstić information content (AvgIpc) is 3.34. The number of rotatable bonds is 6. The van der Waals surface area contributed by atoms with Crippen molar-refractivity contribution in [2.24, 2.45) is 11.8 Å². The summed E-state index contributed by atoms with van der Waals surface area (Å²) in [6.45, 7) is 2.26. The molecule has 0 spiro atoms. The highest BCUT2D eigenvalue weighted by Crippen LogP contribution is 2.42. The van der Waals surface area contributed by atoms with Crippen LogP contribution in [0.3, 0.4) is 0 Å². The first-order valence-corrected chi connectivity index (χ1v) is 14.3. The highest BCUT2D eigenvalue weighted by Gasteiger charge is 2.37. The molecule has 3 aliphatic rings. The molecule has 1 fully saturated rings. The van der Waals surface area contributed by atoms with E-state index in [1.165, 1.54) is 34.5 Å². The Hall–Kier alpha value is -2.60. The number of hydrogen-bond acceptors (Lipinski definition) is 4. The van der Waals surface area contributed by atoms with Crippen molar-refractivity contribution in [1.82, 2.24) is 0 Å². The Bertz CT molecular complexity index is 1160. The lowest BCUT2D eigenvalue weighted by atomic mass is 9.81. The van der Waals surface area contributed by atoms with Crippen LogP contribution >= 0.6 is 11.3 Å². The second kappa shape index (κ2) is 10.8. The monoisotopic (exact) mass is 507 g/mol. The molecule has 192 valence electrons. The number of anilines is 1. The number of amides is 1. The highest BCUT2D eigenvalue weighted by atomic mass is 32.1. The van der Waals surface area contributed by atoms with Crippen LogP contribution in [-0.2, 0) is 17.6 Å². The van der Waals surface area contributed by atoms with E-state index in [1.54, 1.807) is 7.11 Å². The van der Waals surface area contributed by atoms with Gasteiger partial charge in [0.1, 0.15) is 10.6 Å². The largest absolute Gasteiger partial charge is 0.497 e. The molecule has 1 unspecified atom stereocenters. The molecule has 1 amide bonds. The molecule has 5 rings (SSSR count). The number of aryl methyl sites for hydroxylation is 1. The van der Waals surface area contributed by atoms with Gasteiger partial charge in [0.05, 0.1) is 12.8 Å². The van der Waals surface area contributed by atoms with E-state index in [4.69, 9.17) is 4.74 Å². The third-order valence-electron chi connectivity index (χ3n) is 8.36. The minimum atomic E-state index is -0.939. The molecule has 1 saturated carbocycles. The molecule has 1 N–H and O–H groups in total. The average molecular weight is 508 g/mol. The van der Waals surface area contributed by atoms with Crippen molar-refractivity contribution in [3.8, 4) is 5.75 Å². The molecule has 1 atom stereocenters. The summed E-state index contributed by atoms with van der Waals surface area (Å²) >= 11 is 1.34. The van der Waals surface area contributed by atoms with Gasteiger partial charge >= 0.3 is 5.97 Å². The van der Waals surface area contributed by atoms with Gasteiger partial charge in [-0.15, -0.1) is 11.3 Å². The van der Waals surface area contributed by atoms with Gasteiger partial charge in [-0.2, -0.15) is 0 Å². The van der Waals surface area contributed by atoms with E-state index >= 15 is 0 Å². The van der Waals surface area contributed by atoms with Gasteiger partial charge in [0.15, 0.2) is 0 Å². The Balaban J connectivity index is 1.54. The number of fused-ring (bicyclic) bond motifs is 1. The van der Waals surface area contributed by atoms with Crippen LogP contribution in [0.5, 0.6) is 5.75 Å². The van der Waals surface area contributed by atoms with Crippen LogP contribution in [0, 0.1) is 11.8 Å². The van der Waals surface area contributed by atoms with Crippen molar-refractivity contribution in [2.45, 2.75) is 83.6 Å². The number of nitrogens with zero attached hydrogens (tertiary/aromatic N) is 1. The number of ether oxygens (including phenoxy) is 1. The molecule has 0 bridgehead atoms. The van der Waals surface area contributed by atoms with Crippen LogP contribution in [0.15, 0.2) is 30.3 Å². The van der Waals surface area contributed by atoms with Crippen molar-refractivity contribution in [1.29, 1.82) is 0 Å². The molecule has 1 aromatic carbocycles. The quantitative estimate of drug-likeness (QED) is 0.452. The van der Waals surface area contributed by atoms with Gasteiger partial charge in [-0.3, -0.25) is 4.79 Å². The first kappa shape index (κ1) is 25.1. The van der Waals surface area contributed by atoms with Gasteiger partial charge in [0.25, 0.3) is 0 Å². The Kier molecular flexibility index (Phi) is 7.52. The number of methoxy groups -OCH3 is 1. The Morgan fingerprint density at radius 1 is 1.03 bits per heavy atom. The number of carbonyl (C=O) groups excluding carboxylic acids is 1. The topological polar surface area (TPSA) is 66.8 Å². The van der Waals surface area contributed by atoms with Crippen molar-refractivity contribution in [3.63, 3.8) is 0 Å². The molecule has 1 aromatic heterocycles. The summed E-state index contributed by atoms with van der Waals surface area (Å²) < 4.78 is 5.47. The highest BCUT2D eigenvalue weighted by molar-refractivity contribution is 7.15. The Labute approximate surface area is 218 Å². The second-order valence-electron chi connectivity index (χ2n) is 10.8. The van der Waals surface area contributed by atoms with E-state index in [9.17, 15) is 14.7 Å². The van der Waals surface area contributed by atoms with Gasteiger partial charge in [0, 0.05) is 16.8 Å². The standard InChI is InChI=1S/C30H37NO4S/c1-19-8-10-22(11-9-19)29(32)31(24-14-12-20-13-15-25(35-2)17-23(20)16-24)26-18-27(36-28(26)30(33)34)21-6-4-3-5-7-21/h6,13,15,17-19,22,24H,3-5,7-12,14,16H2,1-2H3,(H,33,34). The molecule has 36 heavy (non-hydrogen) atoms. The van der Waals surface area contributed by atoms with Gasteiger partial charge < -0.3 is 14.7 Å². The molecule has 6 heteroatoms. The molecule has 0 saturated heterocycles. The Morgan fingerprint density at radius 3 is 2.53 bits per heavy atom. The first-order chi connectivity index (χ1) is 17.4.